The molecule has 102 valence electrons. The Morgan fingerprint density at radius 3 is 2.26 bits per heavy atom. The number of hydrogen-bond acceptors (Lipinski definition) is 3. The summed E-state index contributed by atoms with van der Waals surface area (Å²) in [5, 5.41) is 0. The smallest absolute Gasteiger partial charge is 0.173 e. The van der Waals surface area contributed by atoms with E-state index >= 15 is 0 Å². The number of ether oxygens (including phenoxy) is 2. The molecule has 1 atom stereocenters. The maximum absolute atomic E-state index is 5.42. The highest BCUT2D eigenvalue weighted by molar-refractivity contribution is 9.11. The molecule has 6 heteroatoms. The maximum atomic E-state index is 5.42. The Hall–Kier alpha value is -0.460. The molecule has 0 radical (unpaired) electrons. The SMILES string of the molecule is COc1cc(C(Br)c2ccoc2Br)c(OC)cc1Br. The molecule has 0 saturated carbocycles. The minimum Gasteiger partial charge on any atom is -0.496 e. The van der Waals surface area contributed by atoms with Gasteiger partial charge in [0, 0.05) is 11.1 Å². The van der Waals surface area contributed by atoms with Crippen LogP contribution in [0.25, 0.3) is 0 Å². The molecule has 0 saturated heterocycles. The van der Waals surface area contributed by atoms with Gasteiger partial charge in [-0.2, -0.15) is 0 Å². The van der Waals surface area contributed by atoms with E-state index in [-0.39, 0.29) is 4.83 Å². The molecule has 19 heavy (non-hydrogen) atoms. The first kappa shape index (κ1) is 14.9. The topological polar surface area (TPSA) is 31.6 Å². The van der Waals surface area contributed by atoms with Gasteiger partial charge in [-0.1, -0.05) is 15.9 Å². The van der Waals surface area contributed by atoms with E-state index in [1.54, 1.807) is 20.5 Å². The monoisotopic (exact) mass is 452 g/mol. The molecule has 0 aliphatic rings. The van der Waals surface area contributed by atoms with Crippen LogP contribution >= 0.6 is 47.8 Å². The van der Waals surface area contributed by atoms with Crippen LogP contribution in [0.4, 0.5) is 0 Å². The van der Waals surface area contributed by atoms with Gasteiger partial charge in [0.2, 0.25) is 0 Å². The van der Waals surface area contributed by atoms with E-state index in [9.17, 15) is 0 Å². The van der Waals surface area contributed by atoms with Crippen molar-refractivity contribution < 1.29 is 13.9 Å². The zero-order chi connectivity index (χ0) is 14.0. The summed E-state index contributed by atoms with van der Waals surface area (Å²) in [4.78, 5) is -0.0578. The van der Waals surface area contributed by atoms with Crippen molar-refractivity contribution in [2.75, 3.05) is 14.2 Å². The third-order valence-electron chi connectivity index (χ3n) is 2.70. The van der Waals surface area contributed by atoms with Gasteiger partial charge < -0.3 is 13.9 Å². The van der Waals surface area contributed by atoms with Crippen molar-refractivity contribution in [2.45, 2.75) is 4.83 Å². The molecule has 2 aromatic rings. The van der Waals surface area contributed by atoms with Crippen molar-refractivity contribution in [1.29, 1.82) is 0 Å². The number of methoxy groups -OCH3 is 2. The maximum Gasteiger partial charge on any atom is 0.173 e. The molecule has 1 aromatic carbocycles. The number of halogens is 3. The van der Waals surface area contributed by atoms with Gasteiger partial charge in [0.25, 0.3) is 0 Å². The third-order valence-corrected chi connectivity index (χ3v) is 4.95. The van der Waals surface area contributed by atoms with E-state index in [0.717, 1.165) is 27.1 Å². The van der Waals surface area contributed by atoms with E-state index < -0.39 is 0 Å². The lowest BCUT2D eigenvalue weighted by Gasteiger charge is -2.16. The van der Waals surface area contributed by atoms with Crippen LogP contribution in [0.15, 0.2) is 38.0 Å². The van der Waals surface area contributed by atoms with Crippen molar-refractivity contribution in [3.63, 3.8) is 0 Å². The minimum atomic E-state index is -0.0578. The van der Waals surface area contributed by atoms with Crippen LogP contribution in [0.1, 0.15) is 16.0 Å². The highest BCUT2D eigenvalue weighted by Crippen LogP contribution is 2.43. The molecule has 0 amide bonds. The molecule has 1 heterocycles. The summed E-state index contributed by atoms with van der Waals surface area (Å²) >= 11 is 10.5. The number of rotatable bonds is 4. The van der Waals surface area contributed by atoms with Gasteiger partial charge in [-0.25, -0.2) is 0 Å². The van der Waals surface area contributed by atoms with E-state index in [1.165, 1.54) is 0 Å². The molecule has 1 aromatic heterocycles. The van der Waals surface area contributed by atoms with E-state index in [1.807, 2.05) is 18.2 Å². The van der Waals surface area contributed by atoms with Gasteiger partial charge in [0.05, 0.1) is 29.8 Å². The zero-order valence-electron chi connectivity index (χ0n) is 10.2. The molecule has 2 rings (SSSR count). The highest BCUT2D eigenvalue weighted by atomic mass is 79.9. The van der Waals surface area contributed by atoms with Gasteiger partial charge in [-0.15, -0.1) is 0 Å². The third kappa shape index (κ3) is 3.01. The van der Waals surface area contributed by atoms with E-state index in [0.29, 0.717) is 4.67 Å². The number of hydrogen-bond donors (Lipinski definition) is 0. The van der Waals surface area contributed by atoms with Crippen molar-refractivity contribution in [3.05, 3.63) is 44.7 Å². The number of furan rings is 1. The first-order valence-electron chi connectivity index (χ1n) is 5.36. The van der Waals surface area contributed by atoms with Crippen LogP contribution < -0.4 is 9.47 Å². The van der Waals surface area contributed by atoms with Crippen LogP contribution in [0.3, 0.4) is 0 Å². The molecule has 0 fully saturated rings. The Morgan fingerprint density at radius 1 is 1.05 bits per heavy atom. The van der Waals surface area contributed by atoms with Crippen molar-refractivity contribution in [3.8, 4) is 11.5 Å². The predicted molar refractivity (Wildman–Crippen MR) is 84.4 cm³/mol. The molecule has 3 nitrogen and oxygen atoms in total. The fraction of sp³-hybridized carbons (Fsp3) is 0.231. The average Bonchev–Trinajstić information content (AvgIpc) is 2.83. The van der Waals surface area contributed by atoms with Crippen LogP contribution in [0.2, 0.25) is 0 Å². The molecular formula is C13H11Br3O3. The first-order chi connectivity index (χ1) is 9.08. The second-order valence-electron chi connectivity index (χ2n) is 3.74. The normalized spacial score (nSPS) is 12.3. The lowest BCUT2D eigenvalue weighted by Crippen LogP contribution is -1.98. The summed E-state index contributed by atoms with van der Waals surface area (Å²) in [6, 6.07) is 5.72. The van der Waals surface area contributed by atoms with Gasteiger partial charge in [-0.3, -0.25) is 0 Å². The first-order valence-corrected chi connectivity index (χ1v) is 7.87. The van der Waals surface area contributed by atoms with Crippen molar-refractivity contribution >= 4 is 47.8 Å². The van der Waals surface area contributed by atoms with Crippen molar-refractivity contribution in [1.82, 2.24) is 0 Å². The molecule has 1 unspecified atom stereocenters. The quantitative estimate of drug-likeness (QED) is 0.587. The number of benzene rings is 1. The van der Waals surface area contributed by atoms with Gasteiger partial charge in [0.1, 0.15) is 11.5 Å². The van der Waals surface area contributed by atoms with Crippen LogP contribution in [-0.2, 0) is 0 Å². The number of alkyl halides is 1. The largest absolute Gasteiger partial charge is 0.496 e. The van der Waals surface area contributed by atoms with E-state index in [4.69, 9.17) is 13.9 Å². The Morgan fingerprint density at radius 2 is 1.74 bits per heavy atom. The Labute approximate surface area is 136 Å². The molecule has 0 aliphatic heterocycles. The second-order valence-corrected chi connectivity index (χ2v) is 6.23. The molecular weight excluding hydrogens is 444 g/mol. The standard InChI is InChI=1S/C13H11Br3O3/c1-17-10-6-9(14)11(18-2)5-8(10)12(15)7-3-4-19-13(7)16/h3-6,12H,1-2H3. The average molecular weight is 455 g/mol. The fourth-order valence-electron chi connectivity index (χ4n) is 1.73. The lowest BCUT2D eigenvalue weighted by molar-refractivity contribution is 0.397. The summed E-state index contributed by atoms with van der Waals surface area (Å²) in [6.45, 7) is 0. The minimum absolute atomic E-state index is 0.0578. The zero-order valence-corrected chi connectivity index (χ0v) is 15.0. The summed E-state index contributed by atoms with van der Waals surface area (Å²) in [5.74, 6) is 1.52. The summed E-state index contributed by atoms with van der Waals surface area (Å²) < 4.78 is 17.6. The van der Waals surface area contributed by atoms with Crippen LogP contribution in [0.5, 0.6) is 11.5 Å². The summed E-state index contributed by atoms with van der Waals surface area (Å²) in [5.41, 5.74) is 1.95. The molecule has 0 bridgehead atoms. The van der Waals surface area contributed by atoms with Crippen molar-refractivity contribution in [2.24, 2.45) is 0 Å². The van der Waals surface area contributed by atoms with Gasteiger partial charge in [-0.05, 0) is 50.1 Å². The van der Waals surface area contributed by atoms with Crippen LogP contribution in [0, 0.1) is 0 Å². The Kier molecular flexibility index (Phi) is 4.97. The predicted octanol–water partition coefficient (Wildman–Crippen LogP) is 5.31. The lowest BCUT2D eigenvalue weighted by atomic mass is 10.1. The van der Waals surface area contributed by atoms with Gasteiger partial charge in [0.15, 0.2) is 4.67 Å². The molecule has 0 N–H and O–H groups in total. The van der Waals surface area contributed by atoms with E-state index in [2.05, 4.69) is 47.8 Å². The molecule has 0 spiro atoms. The Balaban J connectivity index is 2.51. The summed E-state index contributed by atoms with van der Waals surface area (Å²) in [6.07, 6.45) is 1.64. The highest BCUT2D eigenvalue weighted by Gasteiger charge is 2.21. The van der Waals surface area contributed by atoms with Gasteiger partial charge >= 0.3 is 0 Å². The van der Waals surface area contributed by atoms with Crippen LogP contribution in [-0.4, -0.2) is 14.2 Å². The molecule has 0 aliphatic carbocycles. The Bertz CT molecular complexity index is 581. The second kappa shape index (κ2) is 6.33. The summed E-state index contributed by atoms with van der Waals surface area (Å²) in [7, 11) is 3.27. The fourth-order valence-corrected chi connectivity index (χ4v) is 3.71.